The summed E-state index contributed by atoms with van der Waals surface area (Å²) in [6, 6.07) is 12.8. The van der Waals surface area contributed by atoms with Gasteiger partial charge in [0.05, 0.1) is 16.2 Å². The Morgan fingerprint density at radius 2 is 1.72 bits per heavy atom. The van der Waals surface area contributed by atoms with Crippen LogP contribution in [0, 0.1) is 0 Å². The summed E-state index contributed by atoms with van der Waals surface area (Å²) >= 11 is 0. The molecule has 0 aromatic heterocycles. The van der Waals surface area contributed by atoms with E-state index in [2.05, 4.69) is 0 Å². The molecule has 0 heterocycles. The Kier molecular flexibility index (Phi) is 2.47. The van der Waals surface area contributed by atoms with Crippen molar-refractivity contribution in [2.45, 2.75) is 22.5 Å². The molecule has 1 aliphatic carbocycles. The van der Waals surface area contributed by atoms with Gasteiger partial charge in [-0.3, -0.25) is 0 Å². The maximum absolute atomic E-state index is 12.4. The monoisotopic (exact) mass is 262 g/mol. The van der Waals surface area contributed by atoms with Gasteiger partial charge in [-0.05, 0) is 35.7 Å². The molecule has 0 saturated heterocycles. The first-order valence-corrected chi connectivity index (χ1v) is 7.42. The Bertz CT molecular complexity index is 700. The van der Waals surface area contributed by atoms with Crippen LogP contribution in [0.15, 0.2) is 47.4 Å². The molecule has 1 aliphatic rings. The lowest BCUT2D eigenvalue weighted by molar-refractivity contribution is 0.283. The van der Waals surface area contributed by atoms with Crippen LogP contribution in [0.5, 0.6) is 0 Å². The number of fused-ring (bicyclic) bond motifs is 1. The quantitative estimate of drug-likeness (QED) is 0.922. The number of hydrogen-bond acceptors (Lipinski definition) is 3. The first-order chi connectivity index (χ1) is 8.59. The van der Waals surface area contributed by atoms with Crippen LogP contribution in [0.4, 0.5) is 0 Å². The summed E-state index contributed by atoms with van der Waals surface area (Å²) in [5.74, 6) is 0. The molecule has 0 unspecified atom stereocenters. The zero-order chi connectivity index (χ0) is 12.8. The molecule has 3 rings (SSSR count). The van der Waals surface area contributed by atoms with Crippen LogP contribution >= 0.6 is 0 Å². The average molecular weight is 262 g/mol. The predicted octanol–water partition coefficient (Wildman–Crippen LogP) is 2.14. The highest BCUT2D eigenvalue weighted by Gasteiger charge is 2.54. The standard InChI is InChI=1S/C14H14O3S/c15-10-14(7-8-14)18(16,17)13-6-5-11-3-1-2-4-12(11)9-13/h1-6,9,15H,7-8,10H2. The van der Waals surface area contributed by atoms with Crippen molar-refractivity contribution in [1.82, 2.24) is 0 Å². The topological polar surface area (TPSA) is 54.4 Å². The van der Waals surface area contributed by atoms with E-state index in [4.69, 9.17) is 0 Å². The van der Waals surface area contributed by atoms with Crippen molar-refractivity contribution in [2.75, 3.05) is 6.61 Å². The third-order valence-electron chi connectivity index (χ3n) is 3.70. The smallest absolute Gasteiger partial charge is 0.186 e. The minimum atomic E-state index is -3.42. The summed E-state index contributed by atoms with van der Waals surface area (Å²) in [7, 11) is -3.42. The van der Waals surface area contributed by atoms with Gasteiger partial charge in [-0.2, -0.15) is 0 Å². The highest BCUT2D eigenvalue weighted by Crippen LogP contribution is 2.46. The van der Waals surface area contributed by atoms with Gasteiger partial charge in [0.1, 0.15) is 0 Å². The number of aliphatic hydroxyl groups excluding tert-OH is 1. The minimum Gasteiger partial charge on any atom is -0.395 e. The Labute approximate surface area is 106 Å². The van der Waals surface area contributed by atoms with E-state index < -0.39 is 14.6 Å². The second-order valence-corrected chi connectivity index (χ2v) is 7.20. The first kappa shape index (κ1) is 11.7. The predicted molar refractivity (Wildman–Crippen MR) is 70.2 cm³/mol. The molecule has 4 heteroatoms. The largest absolute Gasteiger partial charge is 0.395 e. The fraction of sp³-hybridized carbons (Fsp3) is 0.286. The van der Waals surface area contributed by atoms with Crippen LogP contribution < -0.4 is 0 Å². The molecule has 94 valence electrons. The third kappa shape index (κ3) is 1.56. The van der Waals surface area contributed by atoms with Gasteiger partial charge in [0.15, 0.2) is 9.84 Å². The summed E-state index contributed by atoms with van der Waals surface area (Å²) in [5.41, 5.74) is 0. The molecule has 1 fully saturated rings. The fourth-order valence-electron chi connectivity index (χ4n) is 2.24. The van der Waals surface area contributed by atoms with Crippen molar-refractivity contribution in [3.63, 3.8) is 0 Å². The van der Waals surface area contributed by atoms with Crippen LogP contribution in [0.1, 0.15) is 12.8 Å². The van der Waals surface area contributed by atoms with Gasteiger partial charge in [-0.15, -0.1) is 0 Å². The van der Waals surface area contributed by atoms with E-state index in [1.165, 1.54) is 0 Å². The summed E-state index contributed by atoms with van der Waals surface area (Å²) in [5, 5.41) is 11.2. The number of sulfone groups is 1. The van der Waals surface area contributed by atoms with Crippen molar-refractivity contribution in [1.29, 1.82) is 0 Å². The van der Waals surface area contributed by atoms with Crippen molar-refractivity contribution in [3.8, 4) is 0 Å². The van der Waals surface area contributed by atoms with Crippen molar-refractivity contribution < 1.29 is 13.5 Å². The van der Waals surface area contributed by atoms with E-state index in [1.54, 1.807) is 12.1 Å². The lowest BCUT2D eigenvalue weighted by atomic mass is 10.1. The van der Waals surface area contributed by atoms with Gasteiger partial charge in [-0.1, -0.05) is 30.3 Å². The molecular formula is C14H14O3S. The fourth-order valence-corrected chi connectivity index (χ4v) is 4.07. The molecule has 0 amide bonds. The Balaban J connectivity index is 2.15. The number of hydrogen-bond donors (Lipinski definition) is 1. The Morgan fingerprint density at radius 3 is 2.33 bits per heavy atom. The lowest BCUT2D eigenvalue weighted by Gasteiger charge is -2.13. The van der Waals surface area contributed by atoms with Gasteiger partial charge in [0, 0.05) is 0 Å². The van der Waals surface area contributed by atoms with Gasteiger partial charge in [-0.25, -0.2) is 8.42 Å². The Morgan fingerprint density at radius 1 is 1.06 bits per heavy atom. The zero-order valence-corrected chi connectivity index (χ0v) is 10.7. The molecule has 0 atom stereocenters. The molecule has 2 aromatic carbocycles. The van der Waals surface area contributed by atoms with Crippen LogP contribution in [0.25, 0.3) is 10.8 Å². The molecule has 0 aliphatic heterocycles. The van der Waals surface area contributed by atoms with Crippen molar-refractivity contribution >= 4 is 20.6 Å². The van der Waals surface area contributed by atoms with Gasteiger partial charge < -0.3 is 5.11 Å². The maximum Gasteiger partial charge on any atom is 0.186 e. The van der Waals surface area contributed by atoms with Crippen LogP contribution in [0.3, 0.4) is 0 Å². The van der Waals surface area contributed by atoms with E-state index in [9.17, 15) is 13.5 Å². The highest BCUT2D eigenvalue weighted by atomic mass is 32.2. The van der Waals surface area contributed by atoms with Crippen LogP contribution in [0.2, 0.25) is 0 Å². The second-order valence-electron chi connectivity index (χ2n) is 4.85. The second kappa shape index (κ2) is 3.80. The summed E-state index contributed by atoms with van der Waals surface area (Å²) < 4.78 is 23.9. The molecule has 2 aromatic rings. The van der Waals surface area contributed by atoms with Crippen molar-refractivity contribution in [3.05, 3.63) is 42.5 Å². The van der Waals surface area contributed by atoms with Gasteiger partial charge in [0.25, 0.3) is 0 Å². The number of benzene rings is 2. The number of aliphatic hydroxyl groups is 1. The summed E-state index contributed by atoms with van der Waals surface area (Å²) in [4.78, 5) is 0.313. The van der Waals surface area contributed by atoms with E-state index in [0.717, 1.165) is 10.8 Å². The zero-order valence-electron chi connectivity index (χ0n) is 9.83. The molecule has 0 spiro atoms. The molecule has 18 heavy (non-hydrogen) atoms. The molecule has 3 nitrogen and oxygen atoms in total. The van der Waals surface area contributed by atoms with Gasteiger partial charge >= 0.3 is 0 Å². The van der Waals surface area contributed by atoms with E-state index in [1.807, 2.05) is 30.3 Å². The third-order valence-corrected chi connectivity index (χ3v) is 6.25. The summed E-state index contributed by atoms with van der Waals surface area (Å²) in [6.07, 6.45) is 1.11. The molecule has 0 radical (unpaired) electrons. The van der Waals surface area contributed by atoms with Crippen LogP contribution in [-0.4, -0.2) is 24.9 Å². The van der Waals surface area contributed by atoms with Gasteiger partial charge in [0.2, 0.25) is 0 Å². The Hall–Kier alpha value is -1.39. The number of rotatable bonds is 3. The lowest BCUT2D eigenvalue weighted by Crippen LogP contribution is -2.27. The van der Waals surface area contributed by atoms with Crippen molar-refractivity contribution in [2.24, 2.45) is 0 Å². The van der Waals surface area contributed by atoms with E-state index >= 15 is 0 Å². The maximum atomic E-state index is 12.4. The normalized spacial score (nSPS) is 17.8. The first-order valence-electron chi connectivity index (χ1n) is 5.93. The SMILES string of the molecule is O=S(=O)(c1ccc2ccccc2c1)C1(CO)CC1. The minimum absolute atomic E-state index is 0.290. The molecule has 0 bridgehead atoms. The highest BCUT2D eigenvalue weighted by molar-refractivity contribution is 7.93. The molecule has 1 saturated carbocycles. The molecular weight excluding hydrogens is 248 g/mol. The average Bonchev–Trinajstić information content (AvgIpc) is 3.19. The summed E-state index contributed by atoms with van der Waals surface area (Å²) in [6.45, 7) is -0.290. The molecule has 1 N–H and O–H groups in total. The van der Waals surface area contributed by atoms with E-state index in [-0.39, 0.29) is 6.61 Å². The van der Waals surface area contributed by atoms with E-state index in [0.29, 0.717) is 17.7 Å². The van der Waals surface area contributed by atoms with Crippen LogP contribution in [-0.2, 0) is 9.84 Å².